The van der Waals surface area contributed by atoms with Crippen LogP contribution in [0.25, 0.3) is 0 Å². The summed E-state index contributed by atoms with van der Waals surface area (Å²) in [4.78, 5) is 0. The Morgan fingerprint density at radius 3 is 2.61 bits per heavy atom. The molecule has 102 valence electrons. The van der Waals surface area contributed by atoms with E-state index in [1.165, 1.54) is 6.07 Å². The Morgan fingerprint density at radius 1 is 1.17 bits per heavy atom. The van der Waals surface area contributed by atoms with Crippen molar-refractivity contribution in [2.75, 3.05) is 13.2 Å². The zero-order valence-electron chi connectivity index (χ0n) is 11.0. The molecule has 0 bridgehead atoms. The second kappa shape index (κ2) is 8.16. The van der Waals surface area contributed by atoms with E-state index in [1.807, 2.05) is 13.8 Å². The van der Waals surface area contributed by atoms with Crippen LogP contribution < -0.4 is 5.32 Å². The van der Waals surface area contributed by atoms with Gasteiger partial charge in [-0.25, -0.2) is 8.78 Å². The Balaban J connectivity index is 2.09. The molecule has 0 heterocycles. The van der Waals surface area contributed by atoms with Crippen molar-refractivity contribution < 1.29 is 13.5 Å². The summed E-state index contributed by atoms with van der Waals surface area (Å²) in [6.07, 6.45) is 2.29. The second-order valence-corrected chi connectivity index (χ2v) is 4.55. The fourth-order valence-electron chi connectivity index (χ4n) is 1.55. The molecular weight excluding hydrogens is 236 g/mol. The highest BCUT2D eigenvalue weighted by Gasteiger charge is 2.01. The molecule has 1 aromatic rings. The molecule has 0 saturated heterocycles. The van der Waals surface area contributed by atoms with Crippen molar-refractivity contribution in [3.8, 4) is 0 Å². The summed E-state index contributed by atoms with van der Waals surface area (Å²) in [5.74, 6) is -1.59. The summed E-state index contributed by atoms with van der Waals surface area (Å²) >= 11 is 0. The summed E-state index contributed by atoms with van der Waals surface area (Å²) < 4.78 is 31.0. The van der Waals surface area contributed by atoms with Gasteiger partial charge in [-0.1, -0.05) is 6.07 Å². The van der Waals surface area contributed by atoms with Crippen LogP contribution >= 0.6 is 0 Å². The van der Waals surface area contributed by atoms with E-state index in [0.29, 0.717) is 6.54 Å². The van der Waals surface area contributed by atoms with Crippen molar-refractivity contribution in [3.63, 3.8) is 0 Å². The molecule has 0 atom stereocenters. The fourth-order valence-corrected chi connectivity index (χ4v) is 1.55. The van der Waals surface area contributed by atoms with E-state index >= 15 is 0 Å². The molecular formula is C14H21F2NO. The summed E-state index contributed by atoms with van der Waals surface area (Å²) in [6.45, 7) is 6.20. The number of halogens is 2. The van der Waals surface area contributed by atoms with Gasteiger partial charge in [0.2, 0.25) is 0 Å². The largest absolute Gasteiger partial charge is 0.379 e. The van der Waals surface area contributed by atoms with E-state index < -0.39 is 11.6 Å². The van der Waals surface area contributed by atoms with Gasteiger partial charge in [0.25, 0.3) is 0 Å². The Morgan fingerprint density at radius 2 is 1.94 bits per heavy atom. The van der Waals surface area contributed by atoms with Crippen LogP contribution in [-0.2, 0) is 11.3 Å². The van der Waals surface area contributed by atoms with Crippen LogP contribution in [0.4, 0.5) is 8.78 Å². The van der Waals surface area contributed by atoms with Crippen LogP contribution in [0.1, 0.15) is 32.3 Å². The van der Waals surface area contributed by atoms with Crippen LogP contribution in [-0.4, -0.2) is 19.3 Å². The molecule has 4 heteroatoms. The van der Waals surface area contributed by atoms with E-state index in [4.69, 9.17) is 4.74 Å². The topological polar surface area (TPSA) is 21.3 Å². The third-order valence-electron chi connectivity index (χ3n) is 2.51. The monoisotopic (exact) mass is 257 g/mol. The Hall–Kier alpha value is -1.00. The van der Waals surface area contributed by atoms with E-state index in [0.717, 1.165) is 37.6 Å². The lowest BCUT2D eigenvalue weighted by atomic mass is 10.2. The van der Waals surface area contributed by atoms with Gasteiger partial charge in [0.05, 0.1) is 6.10 Å². The molecule has 0 radical (unpaired) electrons. The van der Waals surface area contributed by atoms with Crippen molar-refractivity contribution in [1.82, 2.24) is 5.32 Å². The zero-order chi connectivity index (χ0) is 13.4. The van der Waals surface area contributed by atoms with Crippen molar-refractivity contribution in [1.29, 1.82) is 0 Å². The quantitative estimate of drug-likeness (QED) is 0.722. The highest BCUT2D eigenvalue weighted by atomic mass is 19.2. The molecule has 0 aliphatic heterocycles. The zero-order valence-corrected chi connectivity index (χ0v) is 11.0. The first-order valence-corrected chi connectivity index (χ1v) is 6.36. The average Bonchev–Trinajstić information content (AvgIpc) is 2.32. The summed E-state index contributed by atoms with van der Waals surface area (Å²) in [7, 11) is 0. The van der Waals surface area contributed by atoms with Crippen molar-refractivity contribution in [3.05, 3.63) is 35.4 Å². The fraction of sp³-hybridized carbons (Fsp3) is 0.571. The van der Waals surface area contributed by atoms with Gasteiger partial charge in [-0.05, 0) is 50.9 Å². The number of hydrogen-bond donors (Lipinski definition) is 1. The molecule has 0 saturated carbocycles. The smallest absolute Gasteiger partial charge is 0.159 e. The predicted molar refractivity (Wildman–Crippen MR) is 68.4 cm³/mol. The summed E-state index contributed by atoms with van der Waals surface area (Å²) in [5, 5.41) is 3.19. The van der Waals surface area contributed by atoms with Crippen LogP contribution in [0.15, 0.2) is 18.2 Å². The van der Waals surface area contributed by atoms with Gasteiger partial charge in [0.1, 0.15) is 0 Å². The minimum absolute atomic E-state index is 0.278. The number of rotatable bonds is 8. The first kappa shape index (κ1) is 15.1. The Bertz CT molecular complexity index is 356. The molecule has 1 rings (SSSR count). The first-order valence-electron chi connectivity index (χ1n) is 6.36. The molecule has 0 unspecified atom stereocenters. The lowest BCUT2D eigenvalue weighted by Gasteiger charge is -2.08. The van der Waals surface area contributed by atoms with Gasteiger partial charge in [-0.15, -0.1) is 0 Å². The minimum Gasteiger partial charge on any atom is -0.379 e. The van der Waals surface area contributed by atoms with Crippen LogP contribution in [0.3, 0.4) is 0 Å². The molecule has 18 heavy (non-hydrogen) atoms. The van der Waals surface area contributed by atoms with E-state index in [-0.39, 0.29) is 6.10 Å². The van der Waals surface area contributed by atoms with Gasteiger partial charge in [-0.3, -0.25) is 0 Å². The molecule has 0 fully saturated rings. The van der Waals surface area contributed by atoms with E-state index in [2.05, 4.69) is 5.32 Å². The Kier molecular flexibility index (Phi) is 6.83. The van der Waals surface area contributed by atoms with E-state index in [9.17, 15) is 8.78 Å². The number of nitrogens with one attached hydrogen (secondary N) is 1. The average molecular weight is 257 g/mol. The molecule has 0 spiro atoms. The molecule has 0 aliphatic rings. The number of ether oxygens (including phenoxy) is 1. The van der Waals surface area contributed by atoms with Crippen LogP contribution in [0.2, 0.25) is 0 Å². The van der Waals surface area contributed by atoms with E-state index in [1.54, 1.807) is 6.07 Å². The summed E-state index contributed by atoms with van der Waals surface area (Å²) in [6, 6.07) is 3.97. The maximum atomic E-state index is 12.9. The van der Waals surface area contributed by atoms with Gasteiger partial charge in [-0.2, -0.15) is 0 Å². The molecule has 0 amide bonds. The second-order valence-electron chi connectivity index (χ2n) is 4.55. The summed E-state index contributed by atoms with van der Waals surface area (Å²) in [5.41, 5.74) is 0.757. The molecule has 2 nitrogen and oxygen atoms in total. The number of benzene rings is 1. The van der Waals surface area contributed by atoms with Crippen molar-refractivity contribution >= 4 is 0 Å². The lowest BCUT2D eigenvalue weighted by molar-refractivity contribution is 0.0760. The normalized spacial score (nSPS) is 11.2. The molecule has 0 aromatic heterocycles. The molecule has 1 N–H and O–H groups in total. The maximum absolute atomic E-state index is 12.9. The third-order valence-corrected chi connectivity index (χ3v) is 2.51. The number of unbranched alkanes of at least 4 members (excludes halogenated alkanes) is 1. The minimum atomic E-state index is -0.801. The third kappa shape index (κ3) is 6.07. The Labute approximate surface area is 107 Å². The van der Waals surface area contributed by atoms with Crippen LogP contribution in [0.5, 0.6) is 0 Å². The lowest BCUT2D eigenvalue weighted by Crippen LogP contribution is -2.15. The van der Waals surface area contributed by atoms with Gasteiger partial charge in [0, 0.05) is 13.2 Å². The predicted octanol–water partition coefficient (Wildman–Crippen LogP) is 3.26. The van der Waals surface area contributed by atoms with Gasteiger partial charge in [0.15, 0.2) is 11.6 Å². The van der Waals surface area contributed by atoms with Gasteiger partial charge >= 0.3 is 0 Å². The van der Waals surface area contributed by atoms with Gasteiger partial charge < -0.3 is 10.1 Å². The van der Waals surface area contributed by atoms with Crippen LogP contribution in [0, 0.1) is 11.6 Å². The standard InChI is InChI=1S/C14H21F2NO/c1-11(2)18-8-4-3-7-17-10-12-5-6-13(15)14(16)9-12/h5-6,9,11,17H,3-4,7-8,10H2,1-2H3. The van der Waals surface area contributed by atoms with Crippen molar-refractivity contribution in [2.24, 2.45) is 0 Å². The highest BCUT2D eigenvalue weighted by Crippen LogP contribution is 2.08. The number of hydrogen-bond acceptors (Lipinski definition) is 2. The molecule has 1 aromatic carbocycles. The maximum Gasteiger partial charge on any atom is 0.159 e. The SMILES string of the molecule is CC(C)OCCCCNCc1ccc(F)c(F)c1. The highest BCUT2D eigenvalue weighted by molar-refractivity contribution is 5.17. The molecule has 0 aliphatic carbocycles. The first-order chi connectivity index (χ1) is 8.59. The van der Waals surface area contributed by atoms with Crippen molar-refractivity contribution in [2.45, 2.75) is 39.3 Å².